The average molecular weight is 503 g/mol. The highest BCUT2D eigenvalue weighted by Crippen LogP contribution is 2.44. The van der Waals surface area contributed by atoms with E-state index in [1.807, 2.05) is 24.3 Å². The number of methoxy groups -OCH3 is 1. The summed E-state index contributed by atoms with van der Waals surface area (Å²) in [6.45, 7) is -1.77. The first-order valence-electron chi connectivity index (χ1n) is 11.5. The maximum atomic E-state index is 15.5. The topological polar surface area (TPSA) is 84.2 Å². The van der Waals surface area contributed by atoms with Gasteiger partial charge in [-0.2, -0.15) is 8.78 Å². The largest absolute Gasteiger partial charge is 0.495 e. The summed E-state index contributed by atoms with van der Waals surface area (Å²) in [4.78, 5) is 28.2. The fourth-order valence-electron chi connectivity index (χ4n) is 4.79. The molecule has 1 aromatic heterocycles. The highest BCUT2D eigenvalue weighted by atomic mass is 19.3. The summed E-state index contributed by atoms with van der Waals surface area (Å²) in [6.07, 6.45) is 2.50. The standard InChI is InChI=1S/C25H24F3N3O5/c1-35-19-5-3-2-4-18(19)29-8-10-30(11-9-29)21-17(26)12-15-20(23(21)36-25(27)28)31(14-6-7-14)13-16(22(15)32)24(33)34/h2-5,12-14,25H,6-11H2,1H3,(H,33,34). The van der Waals surface area contributed by atoms with E-state index in [1.54, 1.807) is 12.0 Å². The van der Waals surface area contributed by atoms with Crippen LogP contribution in [-0.4, -0.2) is 55.5 Å². The molecule has 3 aromatic rings. The highest BCUT2D eigenvalue weighted by molar-refractivity contribution is 5.97. The third kappa shape index (κ3) is 4.18. The summed E-state index contributed by atoms with van der Waals surface area (Å²) in [5.41, 5.74) is -0.808. The van der Waals surface area contributed by atoms with Gasteiger partial charge in [0.25, 0.3) is 0 Å². The Balaban J connectivity index is 1.60. The number of benzene rings is 2. The SMILES string of the molecule is COc1ccccc1N1CCN(c2c(F)cc3c(=O)c(C(=O)O)cn(C4CC4)c3c2OC(F)F)CC1. The van der Waals surface area contributed by atoms with Gasteiger partial charge in [0.15, 0.2) is 11.6 Å². The number of hydrogen-bond donors (Lipinski definition) is 1. The van der Waals surface area contributed by atoms with Crippen molar-refractivity contribution in [2.75, 3.05) is 43.1 Å². The average Bonchev–Trinajstić information content (AvgIpc) is 3.70. The number of carboxylic acid groups (broad SMARTS) is 1. The minimum Gasteiger partial charge on any atom is -0.495 e. The molecule has 1 aliphatic heterocycles. The van der Waals surface area contributed by atoms with Gasteiger partial charge >= 0.3 is 12.6 Å². The molecule has 0 amide bonds. The van der Waals surface area contributed by atoms with E-state index in [-0.39, 0.29) is 22.6 Å². The zero-order valence-corrected chi connectivity index (χ0v) is 19.4. The maximum Gasteiger partial charge on any atom is 0.387 e. The maximum absolute atomic E-state index is 15.5. The van der Waals surface area contributed by atoms with E-state index in [1.165, 1.54) is 4.57 Å². The summed E-state index contributed by atoms with van der Waals surface area (Å²) >= 11 is 0. The van der Waals surface area contributed by atoms with Crippen LogP contribution in [0.25, 0.3) is 10.9 Å². The monoisotopic (exact) mass is 503 g/mol. The zero-order valence-electron chi connectivity index (χ0n) is 19.4. The van der Waals surface area contributed by atoms with Crippen molar-refractivity contribution in [2.24, 2.45) is 0 Å². The van der Waals surface area contributed by atoms with Crippen LogP contribution in [0.3, 0.4) is 0 Å². The van der Waals surface area contributed by atoms with Gasteiger partial charge in [-0.1, -0.05) is 12.1 Å². The van der Waals surface area contributed by atoms with Crippen molar-refractivity contribution in [3.8, 4) is 11.5 Å². The molecule has 1 saturated heterocycles. The molecule has 0 radical (unpaired) electrons. The van der Waals surface area contributed by atoms with Gasteiger partial charge in [-0.05, 0) is 31.0 Å². The van der Waals surface area contributed by atoms with Crippen LogP contribution in [0.5, 0.6) is 11.5 Å². The molecule has 0 spiro atoms. The van der Waals surface area contributed by atoms with E-state index in [2.05, 4.69) is 4.90 Å². The molecule has 2 fully saturated rings. The number of pyridine rings is 1. The van der Waals surface area contributed by atoms with Crippen molar-refractivity contribution in [2.45, 2.75) is 25.5 Å². The quantitative estimate of drug-likeness (QED) is 0.520. The Bertz CT molecular complexity index is 1380. The number of carbonyl (C=O) groups is 1. The molecular formula is C25H24F3N3O5. The Morgan fingerprint density at radius 3 is 2.39 bits per heavy atom. The molecule has 0 unspecified atom stereocenters. The molecule has 11 heteroatoms. The number of ether oxygens (including phenoxy) is 2. The number of para-hydroxylation sites is 2. The van der Waals surface area contributed by atoms with Crippen molar-refractivity contribution < 1.29 is 32.5 Å². The minimum atomic E-state index is -3.27. The Morgan fingerprint density at radius 2 is 1.78 bits per heavy atom. The van der Waals surface area contributed by atoms with Gasteiger partial charge in [0.1, 0.15) is 17.0 Å². The third-order valence-corrected chi connectivity index (χ3v) is 6.60. The fraction of sp³-hybridized carbons (Fsp3) is 0.360. The number of piperazine rings is 1. The zero-order chi connectivity index (χ0) is 25.6. The van der Waals surface area contributed by atoms with E-state index >= 15 is 4.39 Å². The summed E-state index contributed by atoms with van der Waals surface area (Å²) < 4.78 is 54.4. The normalized spacial score (nSPS) is 16.0. The molecule has 0 bridgehead atoms. The van der Waals surface area contributed by atoms with E-state index in [4.69, 9.17) is 9.47 Å². The molecule has 1 N–H and O–H groups in total. The smallest absolute Gasteiger partial charge is 0.387 e. The van der Waals surface area contributed by atoms with E-state index in [9.17, 15) is 23.5 Å². The van der Waals surface area contributed by atoms with Crippen LogP contribution in [0, 0.1) is 5.82 Å². The fourth-order valence-corrected chi connectivity index (χ4v) is 4.79. The van der Waals surface area contributed by atoms with Crippen LogP contribution in [-0.2, 0) is 0 Å². The summed E-state index contributed by atoms with van der Waals surface area (Å²) in [5.74, 6) is -2.16. The first-order valence-corrected chi connectivity index (χ1v) is 11.5. The lowest BCUT2D eigenvalue weighted by Gasteiger charge is -2.38. The molecule has 0 atom stereocenters. The molecule has 36 heavy (non-hydrogen) atoms. The number of hydrogen-bond acceptors (Lipinski definition) is 6. The molecule has 1 saturated carbocycles. The Morgan fingerprint density at radius 1 is 1.11 bits per heavy atom. The van der Waals surface area contributed by atoms with Crippen LogP contribution in [0.15, 0.2) is 41.3 Å². The molecule has 2 aromatic carbocycles. The van der Waals surface area contributed by atoms with Crippen LogP contribution < -0.4 is 24.7 Å². The van der Waals surface area contributed by atoms with Crippen molar-refractivity contribution in [3.63, 3.8) is 0 Å². The number of fused-ring (bicyclic) bond motifs is 1. The summed E-state index contributed by atoms with van der Waals surface area (Å²) in [7, 11) is 1.57. The number of aromatic nitrogens is 1. The van der Waals surface area contributed by atoms with Crippen molar-refractivity contribution in [3.05, 3.63) is 58.1 Å². The molecule has 190 valence electrons. The predicted octanol–water partition coefficient (Wildman–Crippen LogP) is 4.11. The Kier molecular flexibility index (Phi) is 6.15. The number of carboxylic acids is 1. The number of rotatable bonds is 7. The number of nitrogens with zero attached hydrogens (tertiary/aromatic N) is 3. The summed E-state index contributed by atoms with van der Waals surface area (Å²) in [5, 5.41) is 9.17. The lowest BCUT2D eigenvalue weighted by atomic mass is 10.1. The van der Waals surface area contributed by atoms with Gasteiger partial charge in [0.2, 0.25) is 5.43 Å². The first kappa shape index (κ1) is 23.8. The third-order valence-electron chi connectivity index (χ3n) is 6.60. The lowest BCUT2D eigenvalue weighted by molar-refractivity contribution is -0.0488. The highest BCUT2D eigenvalue weighted by Gasteiger charge is 2.33. The first-order chi connectivity index (χ1) is 17.3. The second kappa shape index (κ2) is 9.29. The van der Waals surface area contributed by atoms with Crippen molar-refractivity contribution in [1.29, 1.82) is 0 Å². The van der Waals surface area contributed by atoms with Gasteiger partial charge in [0, 0.05) is 38.4 Å². The number of aromatic carboxylic acids is 1. The summed E-state index contributed by atoms with van der Waals surface area (Å²) in [6, 6.07) is 8.22. The predicted molar refractivity (Wildman–Crippen MR) is 127 cm³/mol. The van der Waals surface area contributed by atoms with E-state index < -0.39 is 35.1 Å². The van der Waals surface area contributed by atoms with Crippen LogP contribution in [0.1, 0.15) is 29.2 Å². The van der Waals surface area contributed by atoms with Crippen LogP contribution in [0.4, 0.5) is 24.5 Å². The Hall–Kier alpha value is -3.89. The van der Waals surface area contributed by atoms with Crippen molar-refractivity contribution >= 4 is 28.2 Å². The van der Waals surface area contributed by atoms with Crippen LogP contribution in [0.2, 0.25) is 0 Å². The molecule has 2 heterocycles. The van der Waals surface area contributed by atoms with E-state index in [0.717, 1.165) is 18.0 Å². The number of anilines is 2. The van der Waals surface area contributed by atoms with Gasteiger partial charge in [-0.25, -0.2) is 9.18 Å². The minimum absolute atomic E-state index is 0.0173. The number of alkyl halides is 2. The van der Waals surface area contributed by atoms with Gasteiger partial charge in [-0.15, -0.1) is 0 Å². The van der Waals surface area contributed by atoms with E-state index in [0.29, 0.717) is 44.8 Å². The van der Waals surface area contributed by atoms with Crippen LogP contribution >= 0.6 is 0 Å². The molecule has 5 rings (SSSR count). The second-order valence-corrected chi connectivity index (χ2v) is 8.77. The van der Waals surface area contributed by atoms with Gasteiger partial charge in [0.05, 0.1) is 23.7 Å². The number of halogens is 3. The van der Waals surface area contributed by atoms with Gasteiger partial charge < -0.3 is 28.9 Å². The van der Waals surface area contributed by atoms with Gasteiger partial charge in [-0.3, -0.25) is 4.79 Å². The molecule has 8 nitrogen and oxygen atoms in total. The lowest BCUT2D eigenvalue weighted by Crippen LogP contribution is -2.47. The molecule has 1 aliphatic carbocycles. The molecular weight excluding hydrogens is 479 g/mol. The van der Waals surface area contributed by atoms with Crippen molar-refractivity contribution in [1.82, 2.24) is 4.57 Å². The molecule has 2 aliphatic rings. The Labute approximate surface area is 204 Å². The second-order valence-electron chi connectivity index (χ2n) is 8.77.